The van der Waals surface area contributed by atoms with Crippen LogP contribution in [0.25, 0.3) is 0 Å². The molecule has 6 nitrogen and oxygen atoms in total. The second-order valence-electron chi connectivity index (χ2n) is 5.19. The SMILES string of the molecule is CCc1noc(CC)c1CNC(=O)C1(N)CCOCC1.Cl. The quantitative estimate of drug-likeness (QED) is 0.855. The molecular weight excluding hydrogens is 294 g/mol. The molecule has 1 fully saturated rings. The van der Waals surface area contributed by atoms with E-state index in [1.54, 1.807) is 0 Å². The molecule has 0 aromatic carbocycles. The first-order valence-electron chi connectivity index (χ1n) is 7.22. The van der Waals surface area contributed by atoms with E-state index in [4.69, 9.17) is 15.0 Å². The molecular formula is C14H24ClN3O3. The number of nitrogens with two attached hydrogens (primary N) is 1. The Balaban J connectivity index is 0.00000220. The smallest absolute Gasteiger partial charge is 0.240 e. The normalized spacial score (nSPS) is 17.1. The Morgan fingerprint density at radius 3 is 2.57 bits per heavy atom. The molecule has 0 spiro atoms. The molecule has 21 heavy (non-hydrogen) atoms. The number of hydrogen-bond donors (Lipinski definition) is 2. The zero-order valence-corrected chi connectivity index (χ0v) is 13.4. The summed E-state index contributed by atoms with van der Waals surface area (Å²) >= 11 is 0. The molecule has 120 valence electrons. The van der Waals surface area contributed by atoms with Gasteiger partial charge in [0.1, 0.15) is 5.76 Å². The minimum absolute atomic E-state index is 0. The first-order chi connectivity index (χ1) is 9.60. The number of rotatable bonds is 5. The fourth-order valence-corrected chi connectivity index (χ4v) is 2.45. The molecule has 0 aliphatic carbocycles. The van der Waals surface area contributed by atoms with E-state index in [0.29, 0.717) is 32.6 Å². The first kappa shape index (κ1) is 17.9. The number of nitrogens with zero attached hydrogens (tertiary/aromatic N) is 1. The van der Waals surface area contributed by atoms with Gasteiger partial charge in [-0.2, -0.15) is 0 Å². The molecule has 2 rings (SSSR count). The van der Waals surface area contributed by atoms with Gasteiger partial charge in [0.15, 0.2) is 0 Å². The molecule has 1 saturated heterocycles. The highest BCUT2D eigenvalue weighted by Crippen LogP contribution is 2.19. The summed E-state index contributed by atoms with van der Waals surface area (Å²) in [6.07, 6.45) is 2.67. The van der Waals surface area contributed by atoms with Gasteiger partial charge in [-0.1, -0.05) is 19.0 Å². The molecule has 7 heteroatoms. The molecule has 0 unspecified atom stereocenters. The van der Waals surface area contributed by atoms with E-state index in [2.05, 4.69) is 10.5 Å². The van der Waals surface area contributed by atoms with Gasteiger partial charge in [-0.15, -0.1) is 12.4 Å². The number of amides is 1. The molecule has 1 aliphatic heterocycles. The standard InChI is InChI=1S/C14H23N3O3.ClH/c1-3-11-10(12(4-2)20-17-11)9-16-13(18)14(15)5-7-19-8-6-14;/h3-9,15H2,1-2H3,(H,16,18);1H. The topological polar surface area (TPSA) is 90.4 Å². The molecule has 1 aromatic heterocycles. The lowest BCUT2D eigenvalue weighted by Crippen LogP contribution is -2.56. The fraction of sp³-hybridized carbons (Fsp3) is 0.714. The van der Waals surface area contributed by atoms with Crippen molar-refractivity contribution in [2.75, 3.05) is 13.2 Å². The van der Waals surface area contributed by atoms with Crippen LogP contribution in [0.4, 0.5) is 0 Å². The van der Waals surface area contributed by atoms with Crippen molar-refractivity contribution in [3.63, 3.8) is 0 Å². The van der Waals surface area contributed by atoms with Crippen molar-refractivity contribution in [2.45, 2.75) is 51.6 Å². The lowest BCUT2D eigenvalue weighted by atomic mass is 9.90. The summed E-state index contributed by atoms with van der Waals surface area (Å²) in [4.78, 5) is 12.3. The zero-order valence-electron chi connectivity index (χ0n) is 12.6. The van der Waals surface area contributed by atoms with Crippen LogP contribution in [0.3, 0.4) is 0 Å². The van der Waals surface area contributed by atoms with E-state index in [1.165, 1.54) is 0 Å². The van der Waals surface area contributed by atoms with E-state index in [1.807, 2.05) is 13.8 Å². The number of aromatic nitrogens is 1. The Morgan fingerprint density at radius 1 is 1.33 bits per heavy atom. The Morgan fingerprint density at radius 2 is 2.00 bits per heavy atom. The molecule has 2 heterocycles. The van der Waals surface area contributed by atoms with Crippen LogP contribution in [0.15, 0.2) is 4.52 Å². The Kier molecular flexibility index (Phi) is 6.64. The van der Waals surface area contributed by atoms with Crippen molar-refractivity contribution in [3.05, 3.63) is 17.0 Å². The highest BCUT2D eigenvalue weighted by atomic mass is 35.5. The molecule has 1 aliphatic rings. The summed E-state index contributed by atoms with van der Waals surface area (Å²) in [6, 6.07) is 0. The second-order valence-corrected chi connectivity index (χ2v) is 5.19. The molecule has 0 atom stereocenters. The zero-order chi connectivity index (χ0) is 14.6. The number of nitrogens with one attached hydrogen (secondary N) is 1. The fourth-order valence-electron chi connectivity index (χ4n) is 2.45. The van der Waals surface area contributed by atoms with Crippen LogP contribution in [0.2, 0.25) is 0 Å². The van der Waals surface area contributed by atoms with Crippen molar-refractivity contribution in [2.24, 2.45) is 5.73 Å². The maximum Gasteiger partial charge on any atom is 0.240 e. The number of ether oxygens (including phenoxy) is 1. The number of carbonyl (C=O) groups is 1. The Bertz CT molecular complexity index is 449. The summed E-state index contributed by atoms with van der Waals surface area (Å²) in [5, 5.41) is 6.96. The van der Waals surface area contributed by atoms with Gasteiger partial charge < -0.3 is 20.3 Å². The third-order valence-electron chi connectivity index (χ3n) is 3.87. The van der Waals surface area contributed by atoms with Crippen molar-refractivity contribution >= 4 is 18.3 Å². The van der Waals surface area contributed by atoms with E-state index < -0.39 is 5.54 Å². The molecule has 0 saturated carbocycles. The Labute approximate surface area is 131 Å². The predicted molar refractivity (Wildman–Crippen MR) is 81.3 cm³/mol. The van der Waals surface area contributed by atoms with Gasteiger partial charge in [0.05, 0.1) is 11.2 Å². The number of carbonyl (C=O) groups excluding carboxylic acids is 1. The lowest BCUT2D eigenvalue weighted by Gasteiger charge is -2.31. The van der Waals surface area contributed by atoms with Crippen LogP contribution in [-0.4, -0.2) is 29.8 Å². The van der Waals surface area contributed by atoms with E-state index in [9.17, 15) is 4.79 Å². The van der Waals surface area contributed by atoms with Gasteiger partial charge in [-0.05, 0) is 19.3 Å². The second kappa shape index (κ2) is 7.77. The monoisotopic (exact) mass is 317 g/mol. The van der Waals surface area contributed by atoms with Crippen molar-refractivity contribution in [3.8, 4) is 0 Å². The van der Waals surface area contributed by atoms with E-state index >= 15 is 0 Å². The van der Waals surface area contributed by atoms with Crippen LogP contribution >= 0.6 is 12.4 Å². The maximum atomic E-state index is 12.3. The van der Waals surface area contributed by atoms with Crippen molar-refractivity contribution in [1.82, 2.24) is 10.5 Å². The van der Waals surface area contributed by atoms with Gasteiger partial charge in [0.2, 0.25) is 5.91 Å². The van der Waals surface area contributed by atoms with Crippen LogP contribution in [0.1, 0.15) is 43.7 Å². The minimum Gasteiger partial charge on any atom is -0.381 e. The van der Waals surface area contributed by atoms with Gasteiger partial charge in [-0.25, -0.2) is 0 Å². The molecule has 1 aromatic rings. The van der Waals surface area contributed by atoms with Gasteiger partial charge in [0, 0.05) is 31.7 Å². The molecule has 0 radical (unpaired) electrons. The first-order valence-corrected chi connectivity index (χ1v) is 7.22. The van der Waals surface area contributed by atoms with Crippen LogP contribution in [0, 0.1) is 0 Å². The maximum absolute atomic E-state index is 12.3. The van der Waals surface area contributed by atoms with Crippen LogP contribution < -0.4 is 11.1 Å². The lowest BCUT2D eigenvalue weighted by molar-refractivity contribution is -0.129. The van der Waals surface area contributed by atoms with Gasteiger partial charge >= 0.3 is 0 Å². The van der Waals surface area contributed by atoms with E-state index in [-0.39, 0.29) is 18.3 Å². The van der Waals surface area contributed by atoms with Crippen LogP contribution in [0.5, 0.6) is 0 Å². The van der Waals surface area contributed by atoms with Gasteiger partial charge in [-0.3, -0.25) is 4.79 Å². The third-order valence-corrected chi connectivity index (χ3v) is 3.87. The summed E-state index contributed by atoms with van der Waals surface area (Å²) in [5.41, 5.74) is 7.23. The molecule has 0 bridgehead atoms. The highest BCUT2D eigenvalue weighted by molar-refractivity contribution is 5.86. The van der Waals surface area contributed by atoms with Crippen molar-refractivity contribution in [1.29, 1.82) is 0 Å². The number of halogens is 1. The van der Waals surface area contributed by atoms with Crippen molar-refractivity contribution < 1.29 is 14.1 Å². The largest absolute Gasteiger partial charge is 0.381 e. The number of hydrogen-bond acceptors (Lipinski definition) is 5. The van der Waals surface area contributed by atoms with Crippen LogP contribution in [-0.2, 0) is 28.9 Å². The molecule has 3 N–H and O–H groups in total. The summed E-state index contributed by atoms with van der Waals surface area (Å²) < 4.78 is 10.5. The summed E-state index contributed by atoms with van der Waals surface area (Å²) in [5.74, 6) is 0.714. The molecule has 1 amide bonds. The van der Waals surface area contributed by atoms with E-state index in [0.717, 1.165) is 29.9 Å². The van der Waals surface area contributed by atoms with Gasteiger partial charge in [0.25, 0.3) is 0 Å². The number of aryl methyl sites for hydroxylation is 2. The predicted octanol–water partition coefficient (Wildman–Crippen LogP) is 1.35. The highest BCUT2D eigenvalue weighted by Gasteiger charge is 2.35. The summed E-state index contributed by atoms with van der Waals surface area (Å²) in [7, 11) is 0. The minimum atomic E-state index is -0.811. The summed E-state index contributed by atoms with van der Waals surface area (Å²) in [6.45, 7) is 5.53. The average molecular weight is 318 g/mol. The third kappa shape index (κ3) is 3.96. The average Bonchev–Trinajstić information content (AvgIpc) is 2.87. The Hall–Kier alpha value is -1.11.